The molecule has 3 heterocycles. The van der Waals surface area contributed by atoms with Crippen LogP contribution < -0.4 is 10.6 Å². The molecule has 0 spiro atoms. The Balaban J connectivity index is 1.43. The SMILES string of the molecule is CCOC(=O)CNC(=O)Cc1ccc(Nc2ncnc3c2ncn3C2O[C@H](CO)[C@@H](O)[C@H]2O)cc1. The first kappa shape index (κ1) is 24.5. The summed E-state index contributed by atoms with van der Waals surface area (Å²) in [7, 11) is 0. The molecule has 3 aromatic rings. The Morgan fingerprint density at radius 1 is 1.14 bits per heavy atom. The van der Waals surface area contributed by atoms with Gasteiger partial charge < -0.3 is 35.4 Å². The molecule has 13 nitrogen and oxygen atoms in total. The first-order valence-corrected chi connectivity index (χ1v) is 11.0. The standard InChI is InChI=1S/C22H26N6O7/c1-2-34-16(31)8-23-15(30)7-12-3-5-13(6-4-12)27-20-17-21(25-10-24-20)28(11-26-17)22-19(33)18(32)14(9-29)35-22/h3-6,10-11,14,18-19,22,29,32-33H,2,7-9H2,1H3,(H,23,30)(H,24,25,27)/t14-,18-,19-,22?/m1/s1. The van der Waals surface area contributed by atoms with Crippen molar-refractivity contribution in [2.24, 2.45) is 0 Å². The number of aromatic nitrogens is 4. The number of nitrogens with one attached hydrogen (secondary N) is 2. The number of hydrogen-bond donors (Lipinski definition) is 5. The van der Waals surface area contributed by atoms with Gasteiger partial charge >= 0.3 is 5.97 Å². The number of esters is 1. The zero-order valence-corrected chi connectivity index (χ0v) is 18.9. The van der Waals surface area contributed by atoms with Crippen LogP contribution in [-0.2, 0) is 25.5 Å². The molecule has 4 rings (SSSR count). The van der Waals surface area contributed by atoms with E-state index in [0.29, 0.717) is 22.7 Å². The van der Waals surface area contributed by atoms with Gasteiger partial charge in [0.1, 0.15) is 31.2 Å². The number of anilines is 2. The lowest BCUT2D eigenvalue weighted by Gasteiger charge is -2.16. The minimum absolute atomic E-state index is 0.103. The molecule has 1 fully saturated rings. The van der Waals surface area contributed by atoms with Crippen LogP contribution >= 0.6 is 0 Å². The van der Waals surface area contributed by atoms with Crippen LogP contribution in [0.25, 0.3) is 11.2 Å². The van der Waals surface area contributed by atoms with Crippen molar-refractivity contribution in [3.05, 3.63) is 42.5 Å². The first-order chi connectivity index (χ1) is 16.9. The fourth-order valence-electron chi connectivity index (χ4n) is 3.71. The molecular weight excluding hydrogens is 460 g/mol. The number of aliphatic hydroxyl groups is 3. The van der Waals surface area contributed by atoms with Crippen molar-refractivity contribution in [2.75, 3.05) is 25.1 Å². The number of carbonyl (C=O) groups excluding carboxylic acids is 2. The Hall–Kier alpha value is -3.65. The summed E-state index contributed by atoms with van der Waals surface area (Å²) in [6, 6.07) is 7.07. The van der Waals surface area contributed by atoms with E-state index in [1.807, 2.05) is 0 Å². The van der Waals surface area contributed by atoms with Crippen LogP contribution in [0.5, 0.6) is 0 Å². The highest BCUT2D eigenvalue weighted by Gasteiger charge is 2.44. The first-order valence-electron chi connectivity index (χ1n) is 11.0. The van der Waals surface area contributed by atoms with Crippen LogP contribution in [0.15, 0.2) is 36.9 Å². The van der Waals surface area contributed by atoms with Gasteiger partial charge in [-0.15, -0.1) is 0 Å². The molecule has 1 aliphatic heterocycles. The second kappa shape index (κ2) is 10.7. The van der Waals surface area contributed by atoms with Gasteiger partial charge in [-0.3, -0.25) is 14.2 Å². The van der Waals surface area contributed by atoms with Crippen LogP contribution in [-0.4, -0.2) is 84.8 Å². The Morgan fingerprint density at radius 3 is 2.60 bits per heavy atom. The number of carbonyl (C=O) groups is 2. The van der Waals surface area contributed by atoms with Gasteiger partial charge in [0.2, 0.25) is 5.91 Å². The molecule has 1 aromatic carbocycles. The quantitative estimate of drug-likeness (QED) is 0.244. The molecule has 0 bridgehead atoms. The summed E-state index contributed by atoms with van der Waals surface area (Å²) in [5.74, 6) is -0.385. The van der Waals surface area contributed by atoms with E-state index in [4.69, 9.17) is 9.47 Å². The fourth-order valence-corrected chi connectivity index (χ4v) is 3.71. The van der Waals surface area contributed by atoms with Crippen LogP contribution in [0.4, 0.5) is 11.5 Å². The maximum absolute atomic E-state index is 12.0. The Labute approximate surface area is 199 Å². The molecule has 1 unspecified atom stereocenters. The number of imidazole rings is 1. The summed E-state index contributed by atoms with van der Waals surface area (Å²) < 4.78 is 11.8. The molecule has 0 saturated carbocycles. The molecule has 0 aliphatic carbocycles. The van der Waals surface area contributed by atoms with Gasteiger partial charge in [0.05, 0.1) is 26.0 Å². The summed E-state index contributed by atoms with van der Waals surface area (Å²) in [5.41, 5.74) is 2.21. The number of aliphatic hydroxyl groups excluding tert-OH is 3. The van der Waals surface area contributed by atoms with E-state index in [-0.39, 0.29) is 25.5 Å². The van der Waals surface area contributed by atoms with Crippen LogP contribution in [0.1, 0.15) is 18.7 Å². The molecule has 5 N–H and O–H groups in total. The smallest absolute Gasteiger partial charge is 0.325 e. The number of fused-ring (bicyclic) bond motifs is 1. The van der Waals surface area contributed by atoms with E-state index in [9.17, 15) is 24.9 Å². The van der Waals surface area contributed by atoms with Crippen LogP contribution in [0, 0.1) is 0 Å². The topological polar surface area (TPSA) is 181 Å². The fraction of sp³-hybridized carbons (Fsp3) is 0.409. The van der Waals surface area contributed by atoms with Crippen molar-refractivity contribution in [1.82, 2.24) is 24.8 Å². The average Bonchev–Trinajstić information content (AvgIpc) is 3.40. The van der Waals surface area contributed by atoms with Crippen molar-refractivity contribution >= 4 is 34.5 Å². The molecule has 1 saturated heterocycles. The molecular formula is C22H26N6O7. The number of benzene rings is 1. The van der Waals surface area contributed by atoms with E-state index in [2.05, 4.69) is 25.6 Å². The Morgan fingerprint density at radius 2 is 1.91 bits per heavy atom. The van der Waals surface area contributed by atoms with Gasteiger partial charge in [0, 0.05) is 5.69 Å². The summed E-state index contributed by atoms with van der Waals surface area (Å²) in [5, 5.41) is 35.4. The lowest BCUT2D eigenvalue weighted by atomic mass is 10.1. The summed E-state index contributed by atoms with van der Waals surface area (Å²) in [6.07, 6.45) is -1.55. The Bertz CT molecular complexity index is 1180. The van der Waals surface area contributed by atoms with E-state index < -0.39 is 37.1 Å². The third-order valence-corrected chi connectivity index (χ3v) is 5.47. The molecule has 1 aliphatic rings. The zero-order valence-electron chi connectivity index (χ0n) is 18.9. The zero-order chi connectivity index (χ0) is 24.9. The minimum Gasteiger partial charge on any atom is -0.465 e. The highest BCUT2D eigenvalue weighted by Crippen LogP contribution is 2.32. The molecule has 2 aromatic heterocycles. The number of rotatable bonds is 9. The van der Waals surface area contributed by atoms with Crippen molar-refractivity contribution in [2.45, 2.75) is 37.9 Å². The summed E-state index contributed by atoms with van der Waals surface area (Å²) >= 11 is 0. The monoisotopic (exact) mass is 486 g/mol. The van der Waals surface area contributed by atoms with Gasteiger partial charge in [0.25, 0.3) is 0 Å². The summed E-state index contributed by atoms with van der Waals surface area (Å²) in [6.45, 7) is 1.34. The van der Waals surface area contributed by atoms with Gasteiger partial charge in [0.15, 0.2) is 23.2 Å². The van der Waals surface area contributed by atoms with Gasteiger partial charge in [-0.2, -0.15) is 0 Å². The lowest BCUT2D eigenvalue weighted by molar-refractivity contribution is -0.143. The van der Waals surface area contributed by atoms with E-state index in [1.165, 1.54) is 17.2 Å². The maximum atomic E-state index is 12.0. The van der Waals surface area contributed by atoms with E-state index in [0.717, 1.165) is 5.56 Å². The molecule has 13 heteroatoms. The lowest BCUT2D eigenvalue weighted by Crippen LogP contribution is -2.33. The van der Waals surface area contributed by atoms with Crippen LogP contribution in [0.3, 0.4) is 0 Å². The Kier molecular flexibility index (Phi) is 7.51. The average molecular weight is 486 g/mol. The van der Waals surface area contributed by atoms with Crippen molar-refractivity contribution in [3.8, 4) is 0 Å². The van der Waals surface area contributed by atoms with Crippen molar-refractivity contribution in [3.63, 3.8) is 0 Å². The number of hydrogen-bond acceptors (Lipinski definition) is 11. The third kappa shape index (κ3) is 5.38. The molecule has 4 atom stereocenters. The number of nitrogens with zero attached hydrogens (tertiary/aromatic N) is 4. The predicted molar refractivity (Wildman–Crippen MR) is 121 cm³/mol. The highest BCUT2D eigenvalue weighted by molar-refractivity contribution is 5.85. The molecule has 0 radical (unpaired) electrons. The molecule has 1 amide bonds. The second-order valence-electron chi connectivity index (χ2n) is 7.86. The normalized spacial score (nSPS) is 21.7. The van der Waals surface area contributed by atoms with Gasteiger partial charge in [-0.05, 0) is 24.6 Å². The van der Waals surface area contributed by atoms with E-state index in [1.54, 1.807) is 31.2 Å². The molecule has 35 heavy (non-hydrogen) atoms. The van der Waals surface area contributed by atoms with Gasteiger partial charge in [-0.25, -0.2) is 15.0 Å². The highest BCUT2D eigenvalue weighted by atomic mass is 16.6. The number of ether oxygens (including phenoxy) is 2. The van der Waals surface area contributed by atoms with Crippen molar-refractivity contribution < 1.29 is 34.4 Å². The van der Waals surface area contributed by atoms with Crippen LogP contribution in [0.2, 0.25) is 0 Å². The largest absolute Gasteiger partial charge is 0.465 e. The third-order valence-electron chi connectivity index (χ3n) is 5.47. The minimum atomic E-state index is -1.27. The van der Waals surface area contributed by atoms with E-state index >= 15 is 0 Å². The second-order valence-corrected chi connectivity index (χ2v) is 7.86. The summed E-state index contributed by atoms with van der Waals surface area (Å²) in [4.78, 5) is 36.1. The predicted octanol–water partition coefficient (Wildman–Crippen LogP) is -0.597. The maximum Gasteiger partial charge on any atom is 0.325 e. The van der Waals surface area contributed by atoms with Crippen molar-refractivity contribution in [1.29, 1.82) is 0 Å². The van der Waals surface area contributed by atoms with Gasteiger partial charge in [-0.1, -0.05) is 12.1 Å². The number of amides is 1. The molecule has 186 valence electrons.